The van der Waals surface area contributed by atoms with Crippen LogP contribution in [0.15, 0.2) is 24.3 Å². The number of carbonyl (C=O) groups excluding carboxylic acids is 1. The van der Waals surface area contributed by atoms with Crippen molar-refractivity contribution in [2.75, 3.05) is 13.1 Å². The van der Waals surface area contributed by atoms with E-state index in [-0.39, 0.29) is 5.91 Å². The van der Waals surface area contributed by atoms with Gasteiger partial charge in [0.15, 0.2) is 0 Å². The van der Waals surface area contributed by atoms with Crippen LogP contribution >= 0.6 is 0 Å². The van der Waals surface area contributed by atoms with Gasteiger partial charge >= 0.3 is 0 Å². The van der Waals surface area contributed by atoms with E-state index in [0.717, 1.165) is 0 Å². The number of amides is 1. The molecule has 1 aromatic heterocycles. The first-order valence-electron chi connectivity index (χ1n) is 8.93. The summed E-state index contributed by atoms with van der Waals surface area (Å²) in [6.45, 7) is 7.97. The summed E-state index contributed by atoms with van der Waals surface area (Å²) >= 11 is 0. The van der Waals surface area contributed by atoms with Gasteiger partial charge in [0, 0.05) is 25.1 Å². The van der Waals surface area contributed by atoms with Gasteiger partial charge < -0.3 is 10.0 Å². The number of hydrogen-bond donors (Lipinski definition) is 1. The third-order valence-electron chi connectivity index (χ3n) is 4.26. The average Bonchev–Trinajstić information content (AvgIpc) is 2.96. The normalized spacial score (nSPS) is 11.9. The number of likely N-dealkylation sites (N-methyl/N-ethyl adjacent to an activating group) is 1. The lowest BCUT2D eigenvalue weighted by Gasteiger charge is -2.22. The predicted octanol–water partition coefficient (Wildman–Crippen LogP) is 2.78. The number of rotatable bonds is 8. The van der Waals surface area contributed by atoms with Gasteiger partial charge in [0.2, 0.25) is 6.43 Å². The first kappa shape index (κ1) is 21.0. The Morgan fingerprint density at radius 3 is 2.52 bits per heavy atom. The fraction of sp³-hybridized carbons (Fsp3) is 0.526. The highest BCUT2D eigenvalue weighted by atomic mass is 19.3. The Bertz CT molecular complexity index is 784. The van der Waals surface area contributed by atoms with E-state index in [0.29, 0.717) is 42.1 Å². The molecule has 0 atom stereocenters. The van der Waals surface area contributed by atoms with Crippen LogP contribution in [0.5, 0.6) is 0 Å². The maximum absolute atomic E-state index is 12.8. The summed E-state index contributed by atoms with van der Waals surface area (Å²) in [5.41, 5.74) is 0.643. The molecular weight excluding hydrogens is 354 g/mol. The maximum Gasteiger partial charge on any atom is 0.254 e. The number of aromatic nitrogens is 3. The molecule has 0 bridgehead atoms. The smallest absolute Gasteiger partial charge is 0.254 e. The summed E-state index contributed by atoms with van der Waals surface area (Å²) in [6, 6.07) is 6.45. The number of alkyl halides is 2. The molecule has 0 saturated heterocycles. The van der Waals surface area contributed by atoms with Crippen LogP contribution in [-0.2, 0) is 18.6 Å². The van der Waals surface area contributed by atoms with Crippen LogP contribution in [0.25, 0.3) is 0 Å². The fourth-order valence-corrected chi connectivity index (χ4v) is 2.95. The van der Waals surface area contributed by atoms with Gasteiger partial charge in [-0.05, 0) is 39.3 Å². The van der Waals surface area contributed by atoms with Crippen LogP contribution in [0.2, 0.25) is 0 Å². The Balaban J connectivity index is 2.13. The second-order valence-electron chi connectivity index (χ2n) is 6.93. The summed E-state index contributed by atoms with van der Waals surface area (Å²) in [5, 5.41) is 18.7. The highest BCUT2D eigenvalue weighted by molar-refractivity contribution is 5.95. The molecule has 0 unspecified atom stereocenters. The van der Waals surface area contributed by atoms with Crippen LogP contribution in [0.3, 0.4) is 0 Å². The van der Waals surface area contributed by atoms with Gasteiger partial charge in [0.1, 0.15) is 11.3 Å². The highest BCUT2D eigenvalue weighted by Crippen LogP contribution is 2.19. The van der Waals surface area contributed by atoms with Crippen molar-refractivity contribution in [3.05, 3.63) is 46.8 Å². The Kier molecular flexibility index (Phi) is 6.64. The summed E-state index contributed by atoms with van der Waals surface area (Å²) in [4.78, 5) is 15.8. The molecule has 0 aliphatic carbocycles. The van der Waals surface area contributed by atoms with Crippen LogP contribution < -0.4 is 0 Å². The number of halogens is 2. The van der Waals surface area contributed by atoms with Gasteiger partial charge in [-0.1, -0.05) is 18.2 Å². The maximum atomic E-state index is 12.8. The molecule has 1 heterocycles. The SMILES string of the molecule is CCN(CCn1nc(C)c(C(C)(C)O)n1)C(=O)c1ccccc1CC(F)F. The Morgan fingerprint density at radius 2 is 1.96 bits per heavy atom. The number of hydrogen-bond acceptors (Lipinski definition) is 4. The largest absolute Gasteiger partial charge is 0.384 e. The number of benzene rings is 1. The van der Waals surface area contributed by atoms with Crippen molar-refractivity contribution in [3.8, 4) is 0 Å². The summed E-state index contributed by atoms with van der Waals surface area (Å²) in [5.74, 6) is -0.291. The van der Waals surface area contributed by atoms with E-state index in [1.54, 1.807) is 49.9 Å². The van der Waals surface area contributed by atoms with Crippen molar-refractivity contribution in [2.24, 2.45) is 0 Å². The molecule has 148 valence electrons. The van der Waals surface area contributed by atoms with E-state index >= 15 is 0 Å². The minimum Gasteiger partial charge on any atom is -0.384 e. The number of aryl methyl sites for hydroxylation is 1. The molecule has 0 aliphatic rings. The molecule has 1 N–H and O–H groups in total. The van der Waals surface area contributed by atoms with Crippen molar-refractivity contribution >= 4 is 5.91 Å². The molecule has 6 nitrogen and oxygen atoms in total. The van der Waals surface area contributed by atoms with Crippen molar-refractivity contribution in [1.29, 1.82) is 0 Å². The fourth-order valence-electron chi connectivity index (χ4n) is 2.95. The zero-order valence-corrected chi connectivity index (χ0v) is 16.1. The Hall–Kier alpha value is -2.35. The van der Waals surface area contributed by atoms with Gasteiger partial charge in [-0.15, -0.1) is 0 Å². The van der Waals surface area contributed by atoms with E-state index < -0.39 is 18.4 Å². The standard InChI is InChI=1S/C19H26F2N4O2/c1-5-24(10-11-25-22-13(2)17(23-25)19(3,4)27)18(26)15-9-7-6-8-14(15)12-16(20)21/h6-9,16,27H,5,10-12H2,1-4H3. The lowest BCUT2D eigenvalue weighted by molar-refractivity contribution is 0.0709. The van der Waals surface area contributed by atoms with E-state index in [1.165, 1.54) is 4.80 Å². The number of aliphatic hydroxyl groups is 1. The molecule has 27 heavy (non-hydrogen) atoms. The monoisotopic (exact) mass is 380 g/mol. The molecule has 8 heteroatoms. The van der Waals surface area contributed by atoms with Gasteiger partial charge in [-0.25, -0.2) is 8.78 Å². The van der Waals surface area contributed by atoms with E-state index in [2.05, 4.69) is 10.2 Å². The van der Waals surface area contributed by atoms with E-state index in [4.69, 9.17) is 0 Å². The van der Waals surface area contributed by atoms with Crippen LogP contribution in [0, 0.1) is 6.92 Å². The predicted molar refractivity (Wildman–Crippen MR) is 97.7 cm³/mol. The summed E-state index contributed by atoms with van der Waals surface area (Å²) < 4.78 is 25.6. The lowest BCUT2D eigenvalue weighted by atomic mass is 10.0. The second kappa shape index (κ2) is 8.56. The quantitative estimate of drug-likeness (QED) is 0.764. The molecule has 0 saturated carbocycles. The van der Waals surface area contributed by atoms with Crippen LogP contribution in [0.1, 0.15) is 48.1 Å². The zero-order chi connectivity index (χ0) is 20.2. The Morgan fingerprint density at radius 1 is 1.30 bits per heavy atom. The molecular formula is C19H26F2N4O2. The van der Waals surface area contributed by atoms with E-state index in [1.807, 2.05) is 6.92 Å². The zero-order valence-electron chi connectivity index (χ0n) is 16.1. The van der Waals surface area contributed by atoms with Gasteiger partial charge in [-0.3, -0.25) is 4.79 Å². The molecule has 2 aromatic rings. The van der Waals surface area contributed by atoms with Crippen molar-refractivity contribution < 1.29 is 18.7 Å². The number of carbonyl (C=O) groups is 1. The first-order chi connectivity index (χ1) is 12.6. The molecule has 0 spiro atoms. The lowest BCUT2D eigenvalue weighted by Crippen LogP contribution is -2.35. The van der Waals surface area contributed by atoms with Crippen LogP contribution in [0.4, 0.5) is 8.78 Å². The van der Waals surface area contributed by atoms with E-state index in [9.17, 15) is 18.7 Å². The average molecular weight is 380 g/mol. The number of nitrogens with zero attached hydrogens (tertiary/aromatic N) is 4. The third-order valence-corrected chi connectivity index (χ3v) is 4.26. The summed E-state index contributed by atoms with van der Waals surface area (Å²) in [6.07, 6.45) is -2.96. The topological polar surface area (TPSA) is 71.2 Å². The minimum absolute atomic E-state index is 0.291. The van der Waals surface area contributed by atoms with Gasteiger partial charge in [0.05, 0.1) is 12.2 Å². The van der Waals surface area contributed by atoms with Gasteiger partial charge in [0.25, 0.3) is 5.91 Å². The van der Waals surface area contributed by atoms with Gasteiger partial charge in [-0.2, -0.15) is 15.0 Å². The molecule has 2 rings (SSSR count). The van der Waals surface area contributed by atoms with Crippen molar-refractivity contribution in [2.45, 2.75) is 52.7 Å². The summed E-state index contributed by atoms with van der Waals surface area (Å²) in [7, 11) is 0. The molecule has 0 fully saturated rings. The third kappa shape index (κ3) is 5.32. The second-order valence-corrected chi connectivity index (χ2v) is 6.93. The van der Waals surface area contributed by atoms with Crippen molar-refractivity contribution in [3.63, 3.8) is 0 Å². The molecule has 0 radical (unpaired) electrons. The molecule has 0 aliphatic heterocycles. The highest BCUT2D eigenvalue weighted by Gasteiger charge is 2.24. The first-order valence-corrected chi connectivity index (χ1v) is 8.93. The van der Waals surface area contributed by atoms with Crippen molar-refractivity contribution in [1.82, 2.24) is 19.9 Å². The van der Waals surface area contributed by atoms with Crippen LogP contribution in [-0.4, -0.2) is 50.4 Å². The molecule has 1 aromatic carbocycles. The molecule has 1 amide bonds. The Labute approximate surface area is 157 Å². The minimum atomic E-state index is -2.51.